The molecule has 0 spiro atoms. The normalized spacial score (nSPS) is 12.0. The monoisotopic (exact) mass is 286 g/mol. The van der Waals surface area contributed by atoms with E-state index in [0.29, 0.717) is 5.69 Å². The van der Waals surface area contributed by atoms with E-state index in [9.17, 15) is 9.18 Å². The molecule has 2 aromatic carbocycles. The number of benzene rings is 2. The second kappa shape index (κ2) is 6.99. The second-order valence-electron chi connectivity index (χ2n) is 5.02. The van der Waals surface area contributed by atoms with Crippen LogP contribution < -0.4 is 10.6 Å². The van der Waals surface area contributed by atoms with Crippen LogP contribution in [0.4, 0.5) is 10.1 Å². The summed E-state index contributed by atoms with van der Waals surface area (Å²) in [5.41, 5.74) is 2.81. The molecule has 0 aliphatic rings. The van der Waals surface area contributed by atoms with Crippen molar-refractivity contribution in [2.24, 2.45) is 0 Å². The lowest BCUT2D eigenvalue weighted by atomic mass is 10.0. The predicted octanol–water partition coefficient (Wildman–Crippen LogP) is 3.42. The van der Waals surface area contributed by atoms with Gasteiger partial charge in [-0.15, -0.1) is 0 Å². The Bertz CT molecular complexity index is 628. The minimum atomic E-state index is -0.367. The van der Waals surface area contributed by atoms with Gasteiger partial charge in [0.25, 0.3) is 0 Å². The van der Waals surface area contributed by atoms with Gasteiger partial charge in [-0.3, -0.25) is 4.79 Å². The fraction of sp³-hybridized carbons (Fsp3) is 0.235. The van der Waals surface area contributed by atoms with Crippen molar-refractivity contribution >= 4 is 11.6 Å². The Kier molecular flexibility index (Phi) is 5.06. The topological polar surface area (TPSA) is 41.1 Å². The molecule has 0 bridgehead atoms. The van der Waals surface area contributed by atoms with Gasteiger partial charge in [-0.05, 0) is 43.2 Å². The summed E-state index contributed by atoms with van der Waals surface area (Å²) in [5, 5.41) is 5.83. The van der Waals surface area contributed by atoms with Gasteiger partial charge in [0.1, 0.15) is 5.82 Å². The van der Waals surface area contributed by atoms with Crippen molar-refractivity contribution in [1.82, 2.24) is 5.32 Å². The lowest BCUT2D eigenvalue weighted by molar-refractivity contribution is -0.115. The number of hydrogen-bond acceptors (Lipinski definition) is 2. The fourth-order valence-electron chi connectivity index (χ4n) is 2.20. The van der Waals surface area contributed by atoms with Crippen LogP contribution in [0, 0.1) is 12.7 Å². The van der Waals surface area contributed by atoms with Gasteiger partial charge in [-0.1, -0.05) is 30.3 Å². The number of carbonyl (C=O) groups excluding carboxylic acids is 1. The number of rotatable bonds is 5. The zero-order valence-corrected chi connectivity index (χ0v) is 12.2. The maximum atomic E-state index is 13.0. The van der Waals surface area contributed by atoms with E-state index in [1.165, 1.54) is 17.7 Å². The number of aryl methyl sites for hydroxylation is 1. The van der Waals surface area contributed by atoms with Gasteiger partial charge in [0.05, 0.1) is 6.54 Å². The van der Waals surface area contributed by atoms with Crippen LogP contribution in [-0.4, -0.2) is 12.5 Å². The van der Waals surface area contributed by atoms with E-state index < -0.39 is 0 Å². The van der Waals surface area contributed by atoms with Crippen LogP contribution in [0.25, 0.3) is 0 Å². The molecule has 1 amide bonds. The van der Waals surface area contributed by atoms with E-state index in [0.717, 1.165) is 5.56 Å². The Balaban J connectivity index is 1.88. The van der Waals surface area contributed by atoms with Gasteiger partial charge in [0, 0.05) is 11.7 Å². The van der Waals surface area contributed by atoms with Crippen LogP contribution in [-0.2, 0) is 4.79 Å². The summed E-state index contributed by atoms with van der Waals surface area (Å²) >= 11 is 0. The number of amides is 1. The molecule has 4 heteroatoms. The van der Waals surface area contributed by atoms with Gasteiger partial charge < -0.3 is 10.6 Å². The van der Waals surface area contributed by atoms with Crippen LogP contribution in [0.1, 0.15) is 24.1 Å². The van der Waals surface area contributed by atoms with E-state index in [2.05, 4.69) is 10.6 Å². The molecule has 0 heterocycles. The SMILES string of the molecule is Cc1ccccc1[C@H](C)NCC(=O)Nc1cccc(F)c1. The maximum Gasteiger partial charge on any atom is 0.238 e. The minimum absolute atomic E-state index is 0.0736. The molecule has 0 aromatic heterocycles. The summed E-state index contributed by atoms with van der Waals surface area (Å²) in [6.07, 6.45) is 0. The van der Waals surface area contributed by atoms with Gasteiger partial charge in [0.15, 0.2) is 0 Å². The molecule has 0 saturated carbocycles. The Labute approximate surface area is 124 Å². The second-order valence-corrected chi connectivity index (χ2v) is 5.02. The summed E-state index contributed by atoms with van der Waals surface area (Å²) < 4.78 is 13.0. The highest BCUT2D eigenvalue weighted by Crippen LogP contribution is 2.16. The third-order valence-corrected chi connectivity index (χ3v) is 3.33. The van der Waals surface area contributed by atoms with E-state index >= 15 is 0 Å². The third kappa shape index (κ3) is 4.39. The Hall–Kier alpha value is -2.20. The Morgan fingerprint density at radius 3 is 2.67 bits per heavy atom. The highest BCUT2D eigenvalue weighted by atomic mass is 19.1. The zero-order chi connectivity index (χ0) is 15.2. The molecule has 110 valence electrons. The average molecular weight is 286 g/mol. The van der Waals surface area contributed by atoms with Crippen LogP contribution in [0.3, 0.4) is 0 Å². The quantitative estimate of drug-likeness (QED) is 0.884. The van der Waals surface area contributed by atoms with Gasteiger partial charge in [-0.25, -0.2) is 4.39 Å². The number of hydrogen-bond donors (Lipinski definition) is 2. The van der Waals surface area contributed by atoms with E-state index in [1.54, 1.807) is 12.1 Å². The van der Waals surface area contributed by atoms with Crippen LogP contribution in [0.5, 0.6) is 0 Å². The molecule has 2 N–H and O–H groups in total. The highest BCUT2D eigenvalue weighted by molar-refractivity contribution is 5.92. The zero-order valence-electron chi connectivity index (χ0n) is 12.2. The molecule has 0 aliphatic carbocycles. The molecule has 2 rings (SSSR count). The first-order valence-electron chi connectivity index (χ1n) is 6.90. The molecule has 0 saturated heterocycles. The third-order valence-electron chi connectivity index (χ3n) is 3.33. The lowest BCUT2D eigenvalue weighted by Gasteiger charge is -2.16. The summed E-state index contributed by atoms with van der Waals surface area (Å²) in [6.45, 7) is 4.23. The molecule has 0 unspecified atom stereocenters. The van der Waals surface area contributed by atoms with Crippen molar-refractivity contribution in [2.45, 2.75) is 19.9 Å². The summed E-state index contributed by atoms with van der Waals surface area (Å²) in [4.78, 5) is 11.8. The Morgan fingerprint density at radius 1 is 1.19 bits per heavy atom. The molecular weight excluding hydrogens is 267 g/mol. The first-order chi connectivity index (χ1) is 10.1. The van der Waals surface area contributed by atoms with E-state index in [4.69, 9.17) is 0 Å². The smallest absolute Gasteiger partial charge is 0.238 e. The standard InChI is InChI=1S/C17H19FN2O/c1-12-6-3-4-9-16(12)13(2)19-11-17(21)20-15-8-5-7-14(18)10-15/h3-10,13,19H,11H2,1-2H3,(H,20,21)/t13-/m0/s1. The number of nitrogens with one attached hydrogen (secondary N) is 2. The van der Waals surface area contributed by atoms with Crippen molar-refractivity contribution in [3.63, 3.8) is 0 Å². The van der Waals surface area contributed by atoms with E-state index in [-0.39, 0.29) is 24.3 Å². The lowest BCUT2D eigenvalue weighted by Crippen LogP contribution is -2.30. The molecule has 0 radical (unpaired) electrons. The molecule has 3 nitrogen and oxygen atoms in total. The number of halogens is 1. The number of anilines is 1. The first kappa shape index (κ1) is 15.2. The molecule has 0 aliphatic heterocycles. The number of carbonyl (C=O) groups is 1. The van der Waals surface area contributed by atoms with Crippen LogP contribution in [0.2, 0.25) is 0 Å². The van der Waals surface area contributed by atoms with Gasteiger partial charge in [-0.2, -0.15) is 0 Å². The molecule has 1 atom stereocenters. The van der Waals surface area contributed by atoms with Gasteiger partial charge >= 0.3 is 0 Å². The summed E-state index contributed by atoms with van der Waals surface area (Å²) in [7, 11) is 0. The first-order valence-corrected chi connectivity index (χ1v) is 6.90. The predicted molar refractivity (Wildman–Crippen MR) is 82.6 cm³/mol. The maximum absolute atomic E-state index is 13.0. The highest BCUT2D eigenvalue weighted by Gasteiger charge is 2.09. The molecule has 0 fully saturated rings. The molecule has 2 aromatic rings. The fourth-order valence-corrected chi connectivity index (χ4v) is 2.20. The minimum Gasteiger partial charge on any atom is -0.325 e. The Morgan fingerprint density at radius 2 is 1.95 bits per heavy atom. The van der Waals surface area contributed by atoms with E-state index in [1.807, 2.05) is 38.1 Å². The summed E-state index contributed by atoms with van der Waals surface area (Å²) in [6, 6.07) is 14.0. The average Bonchev–Trinajstić information content (AvgIpc) is 2.45. The van der Waals surface area contributed by atoms with Gasteiger partial charge in [0.2, 0.25) is 5.91 Å². The largest absolute Gasteiger partial charge is 0.325 e. The molecule has 21 heavy (non-hydrogen) atoms. The van der Waals surface area contributed by atoms with Crippen molar-refractivity contribution in [2.75, 3.05) is 11.9 Å². The van der Waals surface area contributed by atoms with Crippen molar-refractivity contribution < 1.29 is 9.18 Å². The van der Waals surface area contributed by atoms with Crippen molar-refractivity contribution in [1.29, 1.82) is 0 Å². The van der Waals surface area contributed by atoms with Crippen molar-refractivity contribution in [3.05, 3.63) is 65.5 Å². The van der Waals surface area contributed by atoms with Crippen molar-refractivity contribution in [3.8, 4) is 0 Å². The van der Waals surface area contributed by atoms with Crippen LogP contribution >= 0.6 is 0 Å². The van der Waals surface area contributed by atoms with Crippen LogP contribution in [0.15, 0.2) is 48.5 Å². The summed E-state index contributed by atoms with van der Waals surface area (Å²) in [5.74, 6) is -0.560. The molecular formula is C17H19FN2O.